The fourth-order valence-corrected chi connectivity index (χ4v) is 2.09. The fraction of sp³-hybridized carbons (Fsp3) is 0.417. The first-order valence-electron chi connectivity index (χ1n) is 5.61. The van der Waals surface area contributed by atoms with Crippen molar-refractivity contribution < 1.29 is 0 Å². The smallest absolute Gasteiger partial charge is 0.157 e. The molecule has 5 nitrogen and oxygen atoms in total. The van der Waals surface area contributed by atoms with E-state index in [1.54, 1.807) is 6.33 Å². The molecule has 0 aliphatic rings. The first-order chi connectivity index (χ1) is 8.00. The van der Waals surface area contributed by atoms with E-state index < -0.39 is 0 Å². The topological polar surface area (TPSA) is 69.6 Å². The molecule has 0 fully saturated rings. The van der Waals surface area contributed by atoms with E-state index in [9.17, 15) is 0 Å². The molecular weight excluding hydrogens is 214 g/mol. The molecule has 0 bridgehead atoms. The molecule has 2 aromatic rings. The first kappa shape index (κ1) is 11.7. The Morgan fingerprint density at radius 2 is 1.94 bits per heavy atom. The molecule has 0 aliphatic carbocycles. The van der Waals surface area contributed by atoms with Crippen molar-refractivity contribution in [1.29, 1.82) is 0 Å². The van der Waals surface area contributed by atoms with Crippen LogP contribution in [0.15, 0.2) is 12.4 Å². The van der Waals surface area contributed by atoms with E-state index in [1.807, 2.05) is 38.4 Å². The molecule has 1 unspecified atom stereocenters. The van der Waals surface area contributed by atoms with Crippen LogP contribution in [0.4, 0.5) is 0 Å². The Labute approximate surface area is 101 Å². The molecule has 0 spiro atoms. The van der Waals surface area contributed by atoms with Crippen LogP contribution < -0.4 is 5.73 Å². The third-order valence-electron chi connectivity index (χ3n) is 2.81. The van der Waals surface area contributed by atoms with Gasteiger partial charge in [0, 0.05) is 29.1 Å². The Bertz CT molecular complexity index is 542. The molecule has 2 heterocycles. The van der Waals surface area contributed by atoms with Gasteiger partial charge in [0.1, 0.15) is 6.33 Å². The van der Waals surface area contributed by atoms with E-state index >= 15 is 0 Å². The summed E-state index contributed by atoms with van der Waals surface area (Å²) in [6, 6.07) is 1.89. The summed E-state index contributed by atoms with van der Waals surface area (Å²) in [5.41, 5.74) is 9.95. The lowest BCUT2D eigenvalue weighted by molar-refractivity contribution is 0.783. The predicted octanol–water partition coefficient (Wildman–Crippen LogP) is 1.61. The molecule has 1 atom stereocenters. The molecular formula is C12H17N5. The van der Waals surface area contributed by atoms with Gasteiger partial charge in [0.25, 0.3) is 0 Å². The van der Waals surface area contributed by atoms with Gasteiger partial charge in [-0.2, -0.15) is 5.10 Å². The zero-order valence-electron chi connectivity index (χ0n) is 10.6. The molecule has 0 saturated carbocycles. The van der Waals surface area contributed by atoms with E-state index in [0.717, 1.165) is 28.5 Å². The molecule has 90 valence electrons. The third kappa shape index (κ3) is 2.06. The molecule has 0 radical (unpaired) electrons. The van der Waals surface area contributed by atoms with Gasteiger partial charge in [0.15, 0.2) is 5.82 Å². The van der Waals surface area contributed by atoms with Crippen LogP contribution in [0.2, 0.25) is 0 Å². The van der Waals surface area contributed by atoms with Crippen LogP contribution in [0.5, 0.6) is 0 Å². The fourth-order valence-electron chi connectivity index (χ4n) is 2.09. The average molecular weight is 231 g/mol. The highest BCUT2D eigenvalue weighted by atomic mass is 15.3. The quantitative estimate of drug-likeness (QED) is 0.852. The Balaban J connectivity index is 2.58. The summed E-state index contributed by atoms with van der Waals surface area (Å²) in [4.78, 5) is 8.32. The van der Waals surface area contributed by atoms with Gasteiger partial charge in [0.2, 0.25) is 0 Å². The second kappa shape index (κ2) is 4.25. The third-order valence-corrected chi connectivity index (χ3v) is 2.81. The number of nitrogens with zero attached hydrogens (tertiary/aromatic N) is 4. The zero-order valence-corrected chi connectivity index (χ0v) is 10.6. The molecule has 0 amide bonds. The lowest BCUT2D eigenvalue weighted by atomic mass is 10.1. The van der Waals surface area contributed by atoms with Crippen LogP contribution in [-0.4, -0.2) is 19.7 Å². The van der Waals surface area contributed by atoms with Crippen molar-refractivity contribution in [3.63, 3.8) is 0 Å². The summed E-state index contributed by atoms with van der Waals surface area (Å²) >= 11 is 0. The lowest BCUT2D eigenvalue weighted by Crippen LogP contribution is -2.08. The maximum absolute atomic E-state index is 5.95. The Morgan fingerprint density at radius 1 is 1.24 bits per heavy atom. The Hall–Kier alpha value is -1.75. The summed E-state index contributed by atoms with van der Waals surface area (Å²) in [6.45, 7) is 7.88. The van der Waals surface area contributed by atoms with Crippen LogP contribution in [-0.2, 0) is 0 Å². The second-order valence-corrected chi connectivity index (χ2v) is 4.30. The number of nitrogens with two attached hydrogens (primary N) is 1. The lowest BCUT2D eigenvalue weighted by Gasteiger charge is -2.07. The van der Waals surface area contributed by atoms with Gasteiger partial charge in [-0.1, -0.05) is 0 Å². The Morgan fingerprint density at radius 3 is 2.47 bits per heavy atom. The maximum atomic E-state index is 5.95. The number of hydrogen-bond donors (Lipinski definition) is 1. The number of hydrogen-bond acceptors (Lipinski definition) is 4. The summed E-state index contributed by atoms with van der Waals surface area (Å²) in [5.74, 6) is 0.782. The van der Waals surface area contributed by atoms with Gasteiger partial charge < -0.3 is 5.73 Å². The van der Waals surface area contributed by atoms with E-state index in [0.29, 0.717) is 0 Å². The summed E-state index contributed by atoms with van der Waals surface area (Å²) < 4.78 is 1.82. The highest BCUT2D eigenvalue weighted by molar-refractivity contribution is 5.34. The van der Waals surface area contributed by atoms with Gasteiger partial charge in [-0.25, -0.2) is 14.6 Å². The number of rotatable bonds is 2. The van der Waals surface area contributed by atoms with E-state index in [1.165, 1.54) is 0 Å². The SMILES string of the molecule is Cc1cc(-n2nc(C)c(C(C)N)c2C)ncn1. The number of aryl methyl sites for hydroxylation is 2. The molecule has 5 heteroatoms. The van der Waals surface area contributed by atoms with Crippen molar-refractivity contribution in [3.05, 3.63) is 35.0 Å². The van der Waals surface area contributed by atoms with Crippen molar-refractivity contribution in [2.24, 2.45) is 5.73 Å². The monoisotopic (exact) mass is 231 g/mol. The van der Waals surface area contributed by atoms with E-state index in [-0.39, 0.29) is 6.04 Å². The largest absolute Gasteiger partial charge is 0.324 e. The molecule has 0 aromatic carbocycles. The second-order valence-electron chi connectivity index (χ2n) is 4.30. The van der Waals surface area contributed by atoms with Crippen LogP contribution in [0.3, 0.4) is 0 Å². The minimum absolute atomic E-state index is 0.0216. The van der Waals surface area contributed by atoms with Crippen molar-refractivity contribution in [1.82, 2.24) is 19.7 Å². The van der Waals surface area contributed by atoms with E-state index in [2.05, 4.69) is 15.1 Å². The molecule has 2 N–H and O–H groups in total. The molecule has 0 aliphatic heterocycles. The van der Waals surface area contributed by atoms with Gasteiger partial charge in [0.05, 0.1) is 5.69 Å². The summed E-state index contributed by atoms with van der Waals surface area (Å²) in [7, 11) is 0. The van der Waals surface area contributed by atoms with Gasteiger partial charge in [-0.15, -0.1) is 0 Å². The minimum Gasteiger partial charge on any atom is -0.324 e. The molecule has 0 saturated heterocycles. The van der Waals surface area contributed by atoms with Crippen molar-refractivity contribution in [2.45, 2.75) is 33.7 Å². The highest BCUT2D eigenvalue weighted by Crippen LogP contribution is 2.21. The average Bonchev–Trinajstić information content (AvgIpc) is 2.54. The van der Waals surface area contributed by atoms with Crippen LogP contribution >= 0.6 is 0 Å². The standard InChI is InChI=1S/C12H17N5/c1-7-5-11(15-6-14-7)17-10(4)12(8(2)13)9(3)16-17/h5-6,8H,13H2,1-4H3. The van der Waals surface area contributed by atoms with Gasteiger partial charge >= 0.3 is 0 Å². The normalized spacial score (nSPS) is 12.8. The molecule has 2 rings (SSSR count). The van der Waals surface area contributed by atoms with Crippen LogP contribution in [0.1, 0.15) is 35.6 Å². The maximum Gasteiger partial charge on any atom is 0.157 e. The summed E-state index contributed by atoms with van der Waals surface area (Å²) in [5, 5.41) is 4.49. The predicted molar refractivity (Wildman–Crippen MR) is 66.0 cm³/mol. The molecule has 17 heavy (non-hydrogen) atoms. The molecule has 2 aromatic heterocycles. The van der Waals surface area contributed by atoms with Crippen LogP contribution in [0, 0.1) is 20.8 Å². The number of aromatic nitrogens is 4. The summed E-state index contributed by atoms with van der Waals surface area (Å²) in [6.07, 6.45) is 1.55. The first-order valence-corrected chi connectivity index (χ1v) is 5.61. The van der Waals surface area contributed by atoms with Crippen molar-refractivity contribution in [2.75, 3.05) is 0 Å². The highest BCUT2D eigenvalue weighted by Gasteiger charge is 2.16. The zero-order chi connectivity index (χ0) is 12.6. The van der Waals surface area contributed by atoms with Crippen molar-refractivity contribution in [3.8, 4) is 5.82 Å². The van der Waals surface area contributed by atoms with Crippen LogP contribution in [0.25, 0.3) is 5.82 Å². The minimum atomic E-state index is -0.0216. The van der Waals surface area contributed by atoms with Crippen molar-refractivity contribution >= 4 is 0 Å². The Kier molecular flexibility index (Phi) is 2.93. The van der Waals surface area contributed by atoms with E-state index in [4.69, 9.17) is 5.73 Å². The van der Waals surface area contributed by atoms with Gasteiger partial charge in [-0.3, -0.25) is 0 Å². The van der Waals surface area contributed by atoms with Gasteiger partial charge in [-0.05, 0) is 27.7 Å².